The molecule has 1 aromatic heterocycles. The Morgan fingerprint density at radius 1 is 1.04 bits per heavy atom. The highest BCUT2D eigenvalue weighted by molar-refractivity contribution is 6.12. The minimum absolute atomic E-state index is 0.190. The van der Waals surface area contributed by atoms with Gasteiger partial charge in [0.1, 0.15) is 5.75 Å². The topological polar surface area (TPSA) is 73.7 Å². The van der Waals surface area contributed by atoms with Crippen molar-refractivity contribution in [3.05, 3.63) is 71.7 Å². The van der Waals surface area contributed by atoms with Crippen LogP contribution in [0.3, 0.4) is 0 Å². The predicted octanol–water partition coefficient (Wildman–Crippen LogP) is 2.98. The maximum atomic E-state index is 12.1. The molecule has 3 aromatic rings. The number of cyclic esters (lactones) is 1. The Bertz CT molecular complexity index is 1020. The van der Waals surface area contributed by atoms with Gasteiger partial charge in [-0.15, -0.1) is 0 Å². The summed E-state index contributed by atoms with van der Waals surface area (Å²) in [5.74, 6) is 0.462. The lowest BCUT2D eigenvalue weighted by Gasteiger charge is -2.01. The van der Waals surface area contributed by atoms with Crippen LogP contribution in [0.2, 0.25) is 0 Å². The first-order chi connectivity index (χ1) is 12.2. The van der Waals surface area contributed by atoms with E-state index < -0.39 is 5.97 Å². The van der Waals surface area contributed by atoms with Crippen molar-refractivity contribution in [2.75, 3.05) is 7.11 Å². The van der Waals surface area contributed by atoms with E-state index in [0.717, 1.165) is 16.8 Å². The van der Waals surface area contributed by atoms with Gasteiger partial charge in [-0.05, 0) is 42.5 Å². The Morgan fingerprint density at radius 2 is 1.80 bits per heavy atom. The number of benzene rings is 2. The van der Waals surface area contributed by atoms with Crippen molar-refractivity contribution in [1.82, 2.24) is 9.97 Å². The Labute approximate surface area is 143 Å². The zero-order valence-corrected chi connectivity index (χ0v) is 13.3. The largest absolute Gasteiger partial charge is 0.497 e. The maximum absolute atomic E-state index is 12.1. The van der Waals surface area contributed by atoms with Gasteiger partial charge in [0.2, 0.25) is 5.90 Å². The highest BCUT2D eigenvalue weighted by atomic mass is 16.6. The number of methoxy groups -OCH3 is 1. The molecule has 6 heteroatoms. The highest BCUT2D eigenvalue weighted by Crippen LogP contribution is 2.20. The predicted molar refractivity (Wildman–Crippen MR) is 93.1 cm³/mol. The van der Waals surface area contributed by atoms with Gasteiger partial charge in [0.15, 0.2) is 5.70 Å². The Balaban J connectivity index is 1.67. The molecule has 25 heavy (non-hydrogen) atoms. The molecule has 0 fully saturated rings. The molecular weight excluding hydrogens is 318 g/mol. The van der Waals surface area contributed by atoms with E-state index in [1.165, 1.54) is 0 Å². The zero-order chi connectivity index (χ0) is 17.2. The van der Waals surface area contributed by atoms with Crippen LogP contribution in [-0.2, 0) is 9.53 Å². The molecule has 0 aliphatic carbocycles. The van der Waals surface area contributed by atoms with Crippen LogP contribution in [0.15, 0.2) is 65.4 Å². The number of carbonyl (C=O) groups is 1. The number of hydrogen-bond acceptors (Lipinski definition) is 6. The van der Waals surface area contributed by atoms with Gasteiger partial charge >= 0.3 is 5.97 Å². The Morgan fingerprint density at radius 3 is 2.56 bits per heavy atom. The number of esters is 1. The first-order valence-electron chi connectivity index (χ1n) is 7.62. The molecule has 2 heterocycles. The van der Waals surface area contributed by atoms with Crippen molar-refractivity contribution < 1.29 is 14.3 Å². The number of aromatic nitrogens is 2. The molecule has 0 saturated carbocycles. The van der Waals surface area contributed by atoms with Crippen LogP contribution in [0.25, 0.3) is 17.1 Å². The lowest BCUT2D eigenvalue weighted by Crippen LogP contribution is -2.05. The minimum atomic E-state index is -0.513. The van der Waals surface area contributed by atoms with Crippen LogP contribution >= 0.6 is 0 Å². The van der Waals surface area contributed by atoms with E-state index in [9.17, 15) is 4.79 Å². The molecule has 4 rings (SSSR count). The van der Waals surface area contributed by atoms with Crippen molar-refractivity contribution in [3.63, 3.8) is 0 Å². The average Bonchev–Trinajstić information content (AvgIpc) is 3.02. The summed E-state index contributed by atoms with van der Waals surface area (Å²) in [5, 5.41) is 0. The van der Waals surface area contributed by atoms with Gasteiger partial charge in [0.05, 0.1) is 30.0 Å². The first-order valence-corrected chi connectivity index (χ1v) is 7.62. The summed E-state index contributed by atoms with van der Waals surface area (Å²) in [6, 6.07) is 14.6. The minimum Gasteiger partial charge on any atom is -0.497 e. The van der Waals surface area contributed by atoms with Crippen molar-refractivity contribution in [2.24, 2.45) is 4.99 Å². The van der Waals surface area contributed by atoms with Gasteiger partial charge in [-0.25, -0.2) is 14.8 Å². The monoisotopic (exact) mass is 331 g/mol. The molecule has 0 atom stereocenters. The number of aliphatic imine (C=N–C) groups is 1. The summed E-state index contributed by atoms with van der Waals surface area (Å²) < 4.78 is 10.4. The lowest BCUT2D eigenvalue weighted by atomic mass is 10.2. The fraction of sp³-hybridized carbons (Fsp3) is 0.0526. The van der Waals surface area contributed by atoms with E-state index in [0.29, 0.717) is 11.3 Å². The Kier molecular flexibility index (Phi) is 3.70. The van der Waals surface area contributed by atoms with Crippen molar-refractivity contribution in [2.45, 2.75) is 0 Å². The molecule has 0 bridgehead atoms. The molecule has 0 N–H and O–H groups in total. The van der Waals surface area contributed by atoms with Crippen LogP contribution < -0.4 is 4.74 Å². The average molecular weight is 331 g/mol. The molecule has 122 valence electrons. The summed E-state index contributed by atoms with van der Waals surface area (Å²) >= 11 is 0. The molecular formula is C19H13N3O3. The summed E-state index contributed by atoms with van der Waals surface area (Å²) in [6.45, 7) is 0. The van der Waals surface area contributed by atoms with E-state index >= 15 is 0 Å². The number of rotatable bonds is 3. The fourth-order valence-corrected chi connectivity index (χ4v) is 2.45. The molecule has 0 spiro atoms. The molecule has 0 unspecified atom stereocenters. The van der Waals surface area contributed by atoms with Gasteiger partial charge in [0.25, 0.3) is 0 Å². The molecule has 0 saturated heterocycles. The second-order valence-electron chi connectivity index (χ2n) is 5.35. The normalized spacial score (nSPS) is 15.3. The molecule has 1 aliphatic rings. The highest BCUT2D eigenvalue weighted by Gasteiger charge is 2.24. The molecule has 0 amide bonds. The van der Waals surface area contributed by atoms with Gasteiger partial charge in [-0.2, -0.15) is 0 Å². The van der Waals surface area contributed by atoms with Crippen molar-refractivity contribution in [1.29, 1.82) is 0 Å². The van der Waals surface area contributed by atoms with Gasteiger partial charge in [0, 0.05) is 5.56 Å². The number of nitrogens with zero attached hydrogens (tertiary/aromatic N) is 3. The fourth-order valence-electron chi connectivity index (χ4n) is 2.45. The van der Waals surface area contributed by atoms with Crippen LogP contribution in [-0.4, -0.2) is 28.9 Å². The second-order valence-corrected chi connectivity index (χ2v) is 5.35. The first kappa shape index (κ1) is 15.0. The van der Waals surface area contributed by atoms with Gasteiger partial charge in [-0.1, -0.05) is 12.1 Å². The summed E-state index contributed by atoms with van der Waals surface area (Å²) in [4.78, 5) is 25.1. The SMILES string of the molecule is COc1ccc(C2=N/C(=C\c3cnc4ccccc4n3)C(=O)O2)cc1. The molecule has 1 aliphatic heterocycles. The third-order valence-corrected chi connectivity index (χ3v) is 3.71. The quantitative estimate of drug-likeness (QED) is 0.545. The van der Waals surface area contributed by atoms with Crippen molar-refractivity contribution in [3.8, 4) is 5.75 Å². The summed E-state index contributed by atoms with van der Waals surface area (Å²) in [7, 11) is 1.59. The molecule has 0 radical (unpaired) electrons. The van der Waals surface area contributed by atoms with Crippen LogP contribution in [0, 0.1) is 0 Å². The maximum Gasteiger partial charge on any atom is 0.363 e. The van der Waals surface area contributed by atoms with Gasteiger partial charge < -0.3 is 9.47 Å². The van der Waals surface area contributed by atoms with E-state index in [-0.39, 0.29) is 11.6 Å². The summed E-state index contributed by atoms with van der Waals surface area (Å²) in [6.07, 6.45) is 3.17. The summed E-state index contributed by atoms with van der Waals surface area (Å²) in [5.41, 5.74) is 2.98. The van der Waals surface area contributed by atoms with E-state index in [2.05, 4.69) is 15.0 Å². The molecule has 2 aromatic carbocycles. The van der Waals surface area contributed by atoms with Crippen LogP contribution in [0.1, 0.15) is 11.3 Å². The lowest BCUT2D eigenvalue weighted by molar-refractivity contribution is -0.129. The van der Waals surface area contributed by atoms with E-state index in [1.807, 2.05) is 24.3 Å². The number of fused-ring (bicyclic) bond motifs is 1. The number of carbonyl (C=O) groups excluding carboxylic acids is 1. The molecule has 6 nitrogen and oxygen atoms in total. The smallest absolute Gasteiger partial charge is 0.363 e. The van der Waals surface area contributed by atoms with Crippen LogP contribution in [0.5, 0.6) is 5.75 Å². The zero-order valence-electron chi connectivity index (χ0n) is 13.3. The van der Waals surface area contributed by atoms with Crippen molar-refractivity contribution >= 4 is 29.0 Å². The van der Waals surface area contributed by atoms with E-state index in [1.54, 1.807) is 43.6 Å². The number of ether oxygens (including phenoxy) is 2. The second kappa shape index (κ2) is 6.16. The number of hydrogen-bond donors (Lipinski definition) is 0. The van der Waals surface area contributed by atoms with Crippen LogP contribution in [0.4, 0.5) is 0 Å². The van der Waals surface area contributed by atoms with Gasteiger partial charge in [-0.3, -0.25) is 4.98 Å². The number of para-hydroxylation sites is 2. The third-order valence-electron chi connectivity index (χ3n) is 3.71. The standard InChI is InChI=1S/C19H13N3O3/c1-24-14-8-6-12(7-9-14)18-22-17(19(23)25-18)10-13-11-20-15-4-2-3-5-16(15)21-13/h2-11H,1H3/b17-10-. The Hall–Kier alpha value is -3.54. The third kappa shape index (κ3) is 2.97. The van der Waals surface area contributed by atoms with E-state index in [4.69, 9.17) is 9.47 Å².